The summed E-state index contributed by atoms with van der Waals surface area (Å²) in [6, 6.07) is 30.6. The molecular weight excluding hydrogens is 557 g/mol. The Labute approximate surface area is 195 Å². The van der Waals surface area contributed by atoms with Crippen molar-refractivity contribution in [2.24, 2.45) is 0 Å². The molecule has 1 heterocycles. The summed E-state index contributed by atoms with van der Waals surface area (Å²) < 4.78 is 0. The molecule has 0 fully saturated rings. The second-order valence-electron chi connectivity index (χ2n) is 7.70. The first-order chi connectivity index (χ1) is 14.6. The van der Waals surface area contributed by atoms with Crippen LogP contribution in [0.5, 0.6) is 0 Å². The monoisotopic (exact) mass is 576 g/mol. The summed E-state index contributed by atoms with van der Waals surface area (Å²) in [5.41, 5.74) is 7.27. The van der Waals surface area contributed by atoms with Crippen LogP contribution in [0.1, 0.15) is 16.7 Å². The van der Waals surface area contributed by atoms with Crippen molar-refractivity contribution in [1.29, 1.82) is 5.26 Å². The van der Waals surface area contributed by atoms with Gasteiger partial charge in [0.2, 0.25) is 0 Å². The van der Waals surface area contributed by atoms with Gasteiger partial charge in [-0.05, 0) is 62.6 Å². The van der Waals surface area contributed by atoms with Crippen molar-refractivity contribution in [3.8, 4) is 28.5 Å². The van der Waals surface area contributed by atoms with Gasteiger partial charge < -0.3 is 4.98 Å². The maximum atomic E-state index is 9.02. The van der Waals surface area contributed by atoms with E-state index in [9.17, 15) is 0 Å². The number of rotatable bonds is 2. The number of hydrogen-bond acceptors (Lipinski definition) is 2. The molecule has 0 unspecified atom stereocenters. The molecular formula is C28H19IrN2-. The summed E-state index contributed by atoms with van der Waals surface area (Å²) >= 11 is 0. The van der Waals surface area contributed by atoms with E-state index < -0.39 is 0 Å². The summed E-state index contributed by atoms with van der Waals surface area (Å²) in [5, 5.41) is 13.7. The normalized spacial score (nSPS) is 10.6. The minimum atomic E-state index is 0. The Hall–Kier alpha value is -3.31. The molecule has 2 nitrogen and oxygen atoms in total. The van der Waals surface area contributed by atoms with Gasteiger partial charge in [0.05, 0.1) is 11.6 Å². The van der Waals surface area contributed by atoms with Crippen LogP contribution in [0, 0.1) is 31.2 Å². The van der Waals surface area contributed by atoms with Gasteiger partial charge in [0, 0.05) is 26.3 Å². The first-order valence-corrected chi connectivity index (χ1v) is 9.95. The fourth-order valence-electron chi connectivity index (χ4n) is 4.15. The summed E-state index contributed by atoms with van der Waals surface area (Å²) in [6.45, 7) is 4.18. The van der Waals surface area contributed by atoms with Crippen molar-refractivity contribution in [1.82, 2.24) is 4.98 Å². The molecule has 0 saturated heterocycles. The Kier molecular flexibility index (Phi) is 5.70. The molecule has 0 saturated carbocycles. The third-order valence-corrected chi connectivity index (χ3v) is 5.51. The predicted molar refractivity (Wildman–Crippen MR) is 123 cm³/mol. The number of fused-ring (bicyclic) bond motifs is 3. The average molecular weight is 576 g/mol. The zero-order valence-corrected chi connectivity index (χ0v) is 19.6. The van der Waals surface area contributed by atoms with Gasteiger partial charge in [-0.1, -0.05) is 50.2 Å². The first kappa shape index (κ1) is 20.9. The minimum absolute atomic E-state index is 0. The number of nitrogens with zero attached hydrogens (tertiary/aromatic N) is 2. The van der Waals surface area contributed by atoms with Crippen molar-refractivity contribution < 1.29 is 20.1 Å². The fraction of sp³-hybridized carbons (Fsp3) is 0.0714. The molecule has 1 radical (unpaired) electrons. The van der Waals surface area contributed by atoms with Gasteiger partial charge >= 0.3 is 0 Å². The molecule has 5 aromatic rings. The third-order valence-electron chi connectivity index (χ3n) is 5.51. The zero-order valence-electron chi connectivity index (χ0n) is 17.2. The standard InChI is InChI=1S/C28H19N2.Ir/c1-18-13-19(2)15-24(14-18)28-27-10-8-23-16-22(21-5-3-20(17-29)4-6-21)7-9-25(23)26(27)11-12-30-28;/h3-14,16H,1-2H3;/q-1;. The molecule has 0 spiro atoms. The SMILES string of the molecule is Cc1[c-]c(-c2nccc3c2ccc2cc(-c4ccc(C#N)cc4)ccc23)cc(C)c1.[Ir]. The van der Waals surface area contributed by atoms with Crippen LogP contribution in [0.2, 0.25) is 0 Å². The number of hydrogen-bond donors (Lipinski definition) is 0. The molecule has 4 aromatic carbocycles. The first-order valence-electron chi connectivity index (χ1n) is 9.95. The summed E-state index contributed by atoms with van der Waals surface area (Å²) in [7, 11) is 0. The van der Waals surface area contributed by atoms with Gasteiger partial charge in [-0.15, -0.1) is 34.9 Å². The number of aromatic nitrogens is 1. The Morgan fingerprint density at radius 2 is 1.52 bits per heavy atom. The molecule has 31 heavy (non-hydrogen) atoms. The van der Waals surface area contributed by atoms with Gasteiger partial charge in [0.15, 0.2) is 0 Å². The Morgan fingerprint density at radius 3 is 2.26 bits per heavy atom. The topological polar surface area (TPSA) is 36.7 Å². The largest absolute Gasteiger partial charge is 0.304 e. The second-order valence-corrected chi connectivity index (χ2v) is 7.70. The zero-order chi connectivity index (χ0) is 20.7. The predicted octanol–water partition coefficient (Wildman–Crippen LogP) is 7.01. The van der Waals surface area contributed by atoms with Crippen molar-refractivity contribution in [3.63, 3.8) is 0 Å². The molecule has 0 bridgehead atoms. The molecule has 0 aliphatic rings. The van der Waals surface area contributed by atoms with Crippen LogP contribution in [0.25, 0.3) is 43.9 Å². The molecule has 0 aliphatic heterocycles. The number of aryl methyl sites for hydroxylation is 2. The van der Waals surface area contributed by atoms with Gasteiger partial charge in [-0.2, -0.15) is 5.26 Å². The molecule has 151 valence electrons. The van der Waals surface area contributed by atoms with E-state index in [-0.39, 0.29) is 20.1 Å². The van der Waals surface area contributed by atoms with E-state index >= 15 is 0 Å². The van der Waals surface area contributed by atoms with Gasteiger partial charge in [0.1, 0.15) is 0 Å². The Balaban J connectivity index is 0.00000231. The Morgan fingerprint density at radius 1 is 0.774 bits per heavy atom. The van der Waals surface area contributed by atoms with E-state index in [2.05, 4.69) is 74.5 Å². The maximum Gasteiger partial charge on any atom is 0.0991 e. The molecule has 1 aromatic heterocycles. The van der Waals surface area contributed by atoms with E-state index in [1.165, 1.54) is 21.7 Å². The minimum Gasteiger partial charge on any atom is -0.304 e. The van der Waals surface area contributed by atoms with E-state index in [0.29, 0.717) is 5.56 Å². The van der Waals surface area contributed by atoms with Crippen molar-refractivity contribution in [2.75, 3.05) is 0 Å². The van der Waals surface area contributed by atoms with Crippen LogP contribution in [0.3, 0.4) is 0 Å². The van der Waals surface area contributed by atoms with Crippen molar-refractivity contribution in [2.45, 2.75) is 13.8 Å². The average Bonchev–Trinajstić information content (AvgIpc) is 2.77. The van der Waals surface area contributed by atoms with E-state index in [0.717, 1.165) is 33.3 Å². The van der Waals surface area contributed by atoms with Crippen LogP contribution in [-0.2, 0) is 20.1 Å². The van der Waals surface area contributed by atoms with Crippen molar-refractivity contribution >= 4 is 21.5 Å². The van der Waals surface area contributed by atoms with Gasteiger partial charge in [-0.25, -0.2) is 0 Å². The van der Waals surface area contributed by atoms with Gasteiger partial charge in [-0.3, -0.25) is 0 Å². The van der Waals surface area contributed by atoms with Gasteiger partial charge in [0.25, 0.3) is 0 Å². The summed E-state index contributed by atoms with van der Waals surface area (Å²) in [5.74, 6) is 0. The molecule has 0 amide bonds. The second kappa shape index (κ2) is 8.44. The molecule has 0 aliphatic carbocycles. The van der Waals surface area contributed by atoms with Crippen molar-refractivity contribution in [3.05, 3.63) is 102 Å². The number of benzene rings is 4. The number of nitriles is 1. The maximum absolute atomic E-state index is 9.02. The van der Waals surface area contributed by atoms with E-state index in [1.807, 2.05) is 30.5 Å². The third kappa shape index (κ3) is 3.89. The Bertz CT molecular complexity index is 1440. The smallest absolute Gasteiger partial charge is 0.0991 e. The fourth-order valence-corrected chi connectivity index (χ4v) is 4.15. The molecule has 3 heteroatoms. The summed E-state index contributed by atoms with van der Waals surface area (Å²) in [6.07, 6.45) is 1.89. The van der Waals surface area contributed by atoms with E-state index in [1.54, 1.807) is 0 Å². The van der Waals surface area contributed by atoms with Crippen LogP contribution in [0.4, 0.5) is 0 Å². The van der Waals surface area contributed by atoms with E-state index in [4.69, 9.17) is 10.2 Å². The molecule has 0 atom stereocenters. The number of pyridine rings is 1. The quantitative estimate of drug-likeness (QED) is 0.168. The van der Waals surface area contributed by atoms with Crippen LogP contribution >= 0.6 is 0 Å². The van der Waals surface area contributed by atoms with Crippen LogP contribution < -0.4 is 0 Å². The summed E-state index contributed by atoms with van der Waals surface area (Å²) in [4.78, 5) is 4.69. The van der Waals surface area contributed by atoms with Crippen LogP contribution in [-0.4, -0.2) is 4.98 Å². The van der Waals surface area contributed by atoms with Crippen LogP contribution in [0.15, 0.2) is 79.0 Å². The molecule has 0 N–H and O–H groups in total. The molecule has 5 rings (SSSR count).